The Morgan fingerprint density at radius 3 is 2.60 bits per heavy atom. The monoisotopic (exact) mass is 338 g/mol. The maximum absolute atomic E-state index is 12.7. The first-order valence-corrected chi connectivity index (χ1v) is 8.09. The number of ether oxygens (including phenoxy) is 2. The van der Waals surface area contributed by atoms with Crippen LogP contribution in [0, 0.1) is 0 Å². The van der Waals surface area contributed by atoms with Gasteiger partial charge in [-0.15, -0.1) is 0 Å². The van der Waals surface area contributed by atoms with Crippen LogP contribution in [0.3, 0.4) is 0 Å². The summed E-state index contributed by atoms with van der Waals surface area (Å²) in [6.07, 6.45) is 0.463. The maximum Gasteiger partial charge on any atom is 0.343 e. The molecule has 3 aromatic rings. The van der Waals surface area contributed by atoms with Gasteiger partial charge < -0.3 is 19.0 Å². The highest BCUT2D eigenvalue weighted by Crippen LogP contribution is 2.46. The number of hydrogen-bond donors (Lipinski definition) is 1. The normalized spacial score (nSPS) is 22.4. The van der Waals surface area contributed by atoms with Crippen LogP contribution in [-0.4, -0.2) is 18.0 Å². The predicted molar refractivity (Wildman–Crippen MR) is 93.1 cm³/mol. The van der Waals surface area contributed by atoms with Crippen molar-refractivity contribution >= 4 is 11.0 Å². The third-order valence-electron chi connectivity index (χ3n) is 4.77. The molecule has 0 unspecified atom stereocenters. The molecular weight excluding hydrogens is 320 g/mol. The molecule has 128 valence electrons. The van der Waals surface area contributed by atoms with Gasteiger partial charge in [0.25, 0.3) is 0 Å². The Hall–Kier alpha value is -2.79. The standard InChI is InChI=1S/C20H18O5/c1-20(23-2)11-15(12-7-9-13(21)10-8-12)17-18(25-20)14-5-3-4-6-16(14)24-19(17)22/h3-10,15,21H,11H2,1-2H3/t15-,20-/m0/s1. The lowest BCUT2D eigenvalue weighted by Crippen LogP contribution is -2.41. The third-order valence-corrected chi connectivity index (χ3v) is 4.77. The van der Waals surface area contributed by atoms with Crippen LogP contribution in [0.2, 0.25) is 0 Å². The van der Waals surface area contributed by atoms with Crippen molar-refractivity contribution in [1.82, 2.24) is 0 Å². The van der Waals surface area contributed by atoms with Crippen LogP contribution in [0.15, 0.2) is 57.7 Å². The summed E-state index contributed by atoms with van der Waals surface area (Å²) in [4.78, 5) is 12.7. The van der Waals surface area contributed by atoms with Crippen LogP contribution in [0.1, 0.15) is 30.4 Å². The topological polar surface area (TPSA) is 68.9 Å². The Balaban J connectivity index is 2.00. The molecule has 0 aliphatic carbocycles. The molecule has 5 heteroatoms. The molecule has 2 aromatic carbocycles. The zero-order valence-electron chi connectivity index (χ0n) is 14.0. The van der Waals surface area contributed by atoms with E-state index in [1.54, 1.807) is 37.4 Å². The first-order chi connectivity index (χ1) is 12.0. The number of rotatable bonds is 2. The Kier molecular flexibility index (Phi) is 3.54. The van der Waals surface area contributed by atoms with Crippen molar-refractivity contribution < 1.29 is 19.0 Å². The summed E-state index contributed by atoms with van der Waals surface area (Å²) in [5.41, 5.74) is 1.45. The molecule has 25 heavy (non-hydrogen) atoms. The minimum absolute atomic E-state index is 0.177. The molecule has 2 heterocycles. The van der Waals surface area contributed by atoms with Gasteiger partial charge in [-0.2, -0.15) is 0 Å². The molecule has 0 amide bonds. The summed E-state index contributed by atoms with van der Waals surface area (Å²) in [5, 5.41) is 10.3. The SMILES string of the molecule is CO[C@]1(C)C[C@@H](c2ccc(O)cc2)c2c(c3ccccc3oc2=O)O1. The summed E-state index contributed by atoms with van der Waals surface area (Å²) in [6.45, 7) is 1.85. The second-order valence-electron chi connectivity index (χ2n) is 6.42. The van der Waals surface area contributed by atoms with Crippen molar-refractivity contribution in [3.63, 3.8) is 0 Å². The van der Waals surface area contributed by atoms with Crippen molar-refractivity contribution in [2.24, 2.45) is 0 Å². The quantitative estimate of drug-likeness (QED) is 0.720. The number of methoxy groups -OCH3 is 1. The van der Waals surface area contributed by atoms with E-state index in [-0.39, 0.29) is 11.7 Å². The first-order valence-electron chi connectivity index (χ1n) is 8.09. The Morgan fingerprint density at radius 1 is 1.16 bits per heavy atom. The average molecular weight is 338 g/mol. The summed E-state index contributed by atoms with van der Waals surface area (Å²) >= 11 is 0. The van der Waals surface area contributed by atoms with E-state index < -0.39 is 11.4 Å². The van der Waals surface area contributed by atoms with E-state index in [0.29, 0.717) is 23.3 Å². The van der Waals surface area contributed by atoms with Crippen LogP contribution < -0.4 is 10.4 Å². The van der Waals surface area contributed by atoms with Crippen molar-refractivity contribution in [3.8, 4) is 11.5 Å². The van der Waals surface area contributed by atoms with Gasteiger partial charge >= 0.3 is 5.63 Å². The number of phenols is 1. The van der Waals surface area contributed by atoms with Gasteiger partial charge in [0, 0.05) is 26.4 Å². The maximum atomic E-state index is 12.7. The van der Waals surface area contributed by atoms with Crippen LogP contribution in [0.25, 0.3) is 11.0 Å². The van der Waals surface area contributed by atoms with Gasteiger partial charge in [0.2, 0.25) is 5.79 Å². The molecule has 0 fully saturated rings. The van der Waals surface area contributed by atoms with Crippen LogP contribution in [0.5, 0.6) is 11.5 Å². The van der Waals surface area contributed by atoms with E-state index >= 15 is 0 Å². The number of para-hydroxylation sites is 1. The molecule has 0 saturated carbocycles. The second kappa shape index (κ2) is 5.63. The second-order valence-corrected chi connectivity index (χ2v) is 6.42. The molecule has 0 saturated heterocycles. The molecule has 0 radical (unpaired) electrons. The number of fused-ring (bicyclic) bond motifs is 3. The third kappa shape index (κ3) is 2.57. The van der Waals surface area contributed by atoms with Crippen molar-refractivity contribution in [1.29, 1.82) is 0 Å². The average Bonchev–Trinajstić information content (AvgIpc) is 2.62. The van der Waals surface area contributed by atoms with Crippen molar-refractivity contribution in [2.45, 2.75) is 25.0 Å². The predicted octanol–water partition coefficient (Wildman–Crippen LogP) is 3.78. The molecule has 1 aliphatic heterocycles. The molecule has 4 rings (SSSR count). The van der Waals surface area contributed by atoms with E-state index in [1.165, 1.54) is 0 Å². The Labute approximate surface area is 144 Å². The lowest BCUT2D eigenvalue weighted by Gasteiger charge is -2.38. The minimum atomic E-state index is -0.869. The number of aromatic hydroxyl groups is 1. The van der Waals surface area contributed by atoms with Gasteiger partial charge in [0.05, 0.1) is 10.9 Å². The summed E-state index contributed by atoms with van der Waals surface area (Å²) in [5.74, 6) is -0.446. The van der Waals surface area contributed by atoms with Gasteiger partial charge in [0.15, 0.2) is 0 Å². The lowest BCUT2D eigenvalue weighted by molar-refractivity contribution is -0.163. The van der Waals surface area contributed by atoms with E-state index in [2.05, 4.69) is 0 Å². The van der Waals surface area contributed by atoms with E-state index in [1.807, 2.05) is 25.1 Å². The fraction of sp³-hybridized carbons (Fsp3) is 0.250. The van der Waals surface area contributed by atoms with Gasteiger partial charge in [-0.25, -0.2) is 4.79 Å². The first kappa shape index (κ1) is 15.7. The molecule has 1 aliphatic rings. The Morgan fingerprint density at radius 2 is 1.88 bits per heavy atom. The Bertz CT molecular complexity index is 989. The van der Waals surface area contributed by atoms with E-state index in [0.717, 1.165) is 10.9 Å². The molecule has 2 atom stereocenters. The summed E-state index contributed by atoms with van der Waals surface area (Å²) in [7, 11) is 1.59. The van der Waals surface area contributed by atoms with Crippen molar-refractivity contribution in [3.05, 3.63) is 70.1 Å². The fourth-order valence-corrected chi connectivity index (χ4v) is 3.39. The van der Waals surface area contributed by atoms with Gasteiger partial charge in [0.1, 0.15) is 17.1 Å². The van der Waals surface area contributed by atoms with E-state index in [9.17, 15) is 9.90 Å². The largest absolute Gasteiger partial charge is 0.508 e. The lowest BCUT2D eigenvalue weighted by atomic mass is 9.83. The number of hydrogen-bond acceptors (Lipinski definition) is 5. The fourth-order valence-electron chi connectivity index (χ4n) is 3.39. The van der Waals surface area contributed by atoms with Crippen LogP contribution >= 0.6 is 0 Å². The molecular formula is C20H18O5. The molecule has 5 nitrogen and oxygen atoms in total. The number of phenolic OH excluding ortho intramolecular Hbond substituents is 1. The van der Waals surface area contributed by atoms with Crippen LogP contribution in [-0.2, 0) is 4.74 Å². The summed E-state index contributed by atoms with van der Waals surface area (Å²) < 4.78 is 17.2. The van der Waals surface area contributed by atoms with Gasteiger partial charge in [-0.1, -0.05) is 24.3 Å². The number of benzene rings is 2. The summed E-state index contributed by atoms with van der Waals surface area (Å²) in [6, 6.07) is 14.1. The molecule has 1 N–H and O–H groups in total. The minimum Gasteiger partial charge on any atom is -0.508 e. The smallest absolute Gasteiger partial charge is 0.343 e. The van der Waals surface area contributed by atoms with Crippen LogP contribution in [0.4, 0.5) is 0 Å². The van der Waals surface area contributed by atoms with Crippen molar-refractivity contribution in [2.75, 3.05) is 7.11 Å². The zero-order chi connectivity index (χ0) is 17.6. The highest BCUT2D eigenvalue weighted by Gasteiger charge is 2.41. The molecule has 0 bridgehead atoms. The molecule has 0 spiro atoms. The molecule has 1 aromatic heterocycles. The highest BCUT2D eigenvalue weighted by molar-refractivity contribution is 5.85. The van der Waals surface area contributed by atoms with E-state index in [4.69, 9.17) is 13.9 Å². The van der Waals surface area contributed by atoms with Gasteiger partial charge in [-0.3, -0.25) is 0 Å². The zero-order valence-corrected chi connectivity index (χ0v) is 14.0. The highest BCUT2D eigenvalue weighted by atomic mass is 16.7. The van der Waals surface area contributed by atoms with Gasteiger partial charge in [-0.05, 0) is 29.8 Å².